The molecular weight excluding hydrogens is 396 g/mol. The number of rotatable bonds is 5. The van der Waals surface area contributed by atoms with E-state index in [1.807, 2.05) is 0 Å². The molecule has 0 radical (unpaired) electrons. The van der Waals surface area contributed by atoms with E-state index in [1.165, 1.54) is 44.9 Å². The molecule has 4 aliphatic carbocycles. The molecule has 178 valence electrons. The van der Waals surface area contributed by atoms with Gasteiger partial charge in [-0.25, -0.2) is 0 Å². The number of hydrogen-bond acceptors (Lipinski definition) is 4. The second-order valence-corrected chi connectivity index (χ2v) is 13.1. The lowest BCUT2D eigenvalue weighted by atomic mass is 9.40. The highest BCUT2D eigenvalue weighted by atomic mass is 16.1. The molecular formula is C28H44N2O2. The van der Waals surface area contributed by atoms with Gasteiger partial charge >= 0.3 is 0 Å². The van der Waals surface area contributed by atoms with Crippen LogP contribution in [-0.2, 0) is 9.59 Å². The van der Waals surface area contributed by atoms with Crippen LogP contribution in [0.15, 0.2) is 5.10 Å². The number of ketones is 2. The Kier molecular flexibility index (Phi) is 5.41. The fourth-order valence-electron chi connectivity index (χ4n) is 9.73. The Hall–Kier alpha value is -1.19. The number of Topliss-reactive ketones (excluding diaryl/α,β-unsaturated/α-hetero) is 2. The minimum absolute atomic E-state index is 0.162. The van der Waals surface area contributed by atoms with E-state index in [-0.39, 0.29) is 22.9 Å². The van der Waals surface area contributed by atoms with Crippen molar-refractivity contribution in [3.63, 3.8) is 0 Å². The average molecular weight is 441 g/mol. The molecule has 0 bridgehead atoms. The third kappa shape index (κ3) is 2.89. The SMILES string of the molecule is CC(C)CCCC(C)C1CCC2C3CC(=O)C45NN=CC4C(=O)CCC5(C)C3CCC12C. The van der Waals surface area contributed by atoms with Crippen LogP contribution in [0, 0.1) is 52.3 Å². The fraction of sp³-hybridized carbons (Fsp3) is 0.893. The van der Waals surface area contributed by atoms with Crippen LogP contribution in [0.2, 0.25) is 0 Å². The van der Waals surface area contributed by atoms with Crippen molar-refractivity contribution in [1.82, 2.24) is 5.43 Å². The Morgan fingerprint density at radius 1 is 1.06 bits per heavy atom. The Bertz CT molecular complexity index is 820. The predicted molar refractivity (Wildman–Crippen MR) is 128 cm³/mol. The molecule has 32 heavy (non-hydrogen) atoms. The van der Waals surface area contributed by atoms with Gasteiger partial charge in [0.1, 0.15) is 11.3 Å². The lowest BCUT2D eigenvalue weighted by molar-refractivity contribution is -0.170. The van der Waals surface area contributed by atoms with Crippen molar-refractivity contribution in [3.8, 4) is 0 Å². The molecule has 4 heteroatoms. The number of carbonyl (C=O) groups excluding carboxylic acids is 2. The number of carbonyl (C=O) groups is 2. The minimum atomic E-state index is -0.764. The van der Waals surface area contributed by atoms with Crippen LogP contribution in [-0.4, -0.2) is 23.3 Å². The van der Waals surface area contributed by atoms with Crippen LogP contribution in [0.1, 0.15) is 98.8 Å². The molecule has 5 aliphatic rings. The van der Waals surface area contributed by atoms with Gasteiger partial charge in [-0.15, -0.1) is 0 Å². The van der Waals surface area contributed by atoms with E-state index in [4.69, 9.17) is 0 Å². The first-order chi connectivity index (χ1) is 15.1. The van der Waals surface area contributed by atoms with Crippen LogP contribution >= 0.6 is 0 Å². The van der Waals surface area contributed by atoms with Crippen molar-refractivity contribution in [3.05, 3.63) is 0 Å². The number of hydrazone groups is 1. The zero-order valence-corrected chi connectivity index (χ0v) is 21.0. The summed E-state index contributed by atoms with van der Waals surface area (Å²) < 4.78 is 0. The lowest BCUT2D eigenvalue weighted by Gasteiger charge is -2.64. The van der Waals surface area contributed by atoms with E-state index in [0.717, 1.165) is 24.2 Å². The first-order valence-electron chi connectivity index (χ1n) is 13.5. The molecule has 0 aromatic heterocycles. The van der Waals surface area contributed by atoms with Gasteiger partial charge in [-0.2, -0.15) is 5.10 Å². The minimum Gasteiger partial charge on any atom is -0.299 e. The Labute approximate surface area is 194 Å². The molecule has 0 saturated heterocycles. The number of nitrogens with zero attached hydrogens (tertiary/aromatic N) is 1. The van der Waals surface area contributed by atoms with Crippen molar-refractivity contribution in [2.75, 3.05) is 0 Å². The molecule has 4 nitrogen and oxygen atoms in total. The van der Waals surface area contributed by atoms with E-state index >= 15 is 0 Å². The first kappa shape index (κ1) is 22.6. The summed E-state index contributed by atoms with van der Waals surface area (Å²) in [4.78, 5) is 26.6. The van der Waals surface area contributed by atoms with Crippen LogP contribution < -0.4 is 5.43 Å². The Morgan fingerprint density at radius 2 is 1.84 bits per heavy atom. The van der Waals surface area contributed by atoms with Crippen LogP contribution in [0.25, 0.3) is 0 Å². The highest BCUT2D eigenvalue weighted by Crippen LogP contribution is 2.69. The lowest BCUT2D eigenvalue weighted by Crippen LogP contribution is -2.73. The second kappa shape index (κ2) is 7.67. The molecule has 4 fully saturated rings. The van der Waals surface area contributed by atoms with Gasteiger partial charge in [-0.05, 0) is 73.0 Å². The zero-order valence-electron chi connectivity index (χ0n) is 21.0. The number of fused-ring (bicyclic) bond motifs is 4. The number of hydrogen-bond donors (Lipinski definition) is 1. The topological polar surface area (TPSA) is 58.5 Å². The van der Waals surface area contributed by atoms with Crippen LogP contribution in [0.4, 0.5) is 0 Å². The number of nitrogens with one attached hydrogen (secondary N) is 1. The summed E-state index contributed by atoms with van der Waals surface area (Å²) in [5, 5.41) is 4.33. The van der Waals surface area contributed by atoms with Gasteiger partial charge in [0.15, 0.2) is 5.78 Å². The molecule has 0 aromatic rings. The van der Waals surface area contributed by atoms with Gasteiger partial charge in [-0.1, -0.05) is 53.9 Å². The molecule has 9 unspecified atom stereocenters. The molecule has 0 amide bonds. The van der Waals surface area contributed by atoms with Crippen molar-refractivity contribution >= 4 is 17.8 Å². The fourth-order valence-corrected chi connectivity index (χ4v) is 9.73. The highest BCUT2D eigenvalue weighted by molar-refractivity contribution is 6.08. The molecule has 1 N–H and O–H groups in total. The first-order valence-corrected chi connectivity index (χ1v) is 13.5. The van der Waals surface area contributed by atoms with E-state index in [2.05, 4.69) is 45.1 Å². The average Bonchev–Trinajstić information content (AvgIpc) is 3.33. The zero-order chi connectivity index (χ0) is 22.9. The molecule has 5 rings (SSSR count). The summed E-state index contributed by atoms with van der Waals surface area (Å²) in [5.41, 5.74) is 2.71. The van der Waals surface area contributed by atoms with Gasteiger partial charge in [0.25, 0.3) is 0 Å². The summed E-state index contributed by atoms with van der Waals surface area (Å²) in [6.07, 6.45) is 13.0. The van der Waals surface area contributed by atoms with E-state index in [9.17, 15) is 9.59 Å². The summed E-state index contributed by atoms with van der Waals surface area (Å²) >= 11 is 0. The quantitative estimate of drug-likeness (QED) is 0.588. The van der Waals surface area contributed by atoms with Gasteiger partial charge in [0.05, 0.1) is 5.92 Å². The normalized spacial score (nSPS) is 48.1. The van der Waals surface area contributed by atoms with Crippen molar-refractivity contribution < 1.29 is 9.59 Å². The third-order valence-electron chi connectivity index (χ3n) is 11.4. The maximum atomic E-state index is 13.9. The summed E-state index contributed by atoms with van der Waals surface area (Å²) in [6.45, 7) is 12.1. The van der Waals surface area contributed by atoms with Crippen molar-refractivity contribution in [1.29, 1.82) is 0 Å². The molecule has 9 atom stereocenters. The molecule has 1 aliphatic heterocycles. The summed E-state index contributed by atoms with van der Waals surface area (Å²) in [6, 6.07) is 0. The monoisotopic (exact) mass is 440 g/mol. The molecule has 0 aromatic carbocycles. The largest absolute Gasteiger partial charge is 0.299 e. The maximum Gasteiger partial charge on any atom is 0.161 e. The van der Waals surface area contributed by atoms with Gasteiger partial charge in [-0.3, -0.25) is 15.0 Å². The van der Waals surface area contributed by atoms with Gasteiger partial charge < -0.3 is 0 Å². The smallest absolute Gasteiger partial charge is 0.161 e. The Balaban J connectivity index is 1.40. The van der Waals surface area contributed by atoms with Gasteiger partial charge in [0, 0.05) is 24.5 Å². The third-order valence-corrected chi connectivity index (χ3v) is 11.4. The maximum absolute atomic E-state index is 13.9. The van der Waals surface area contributed by atoms with Gasteiger partial charge in [0.2, 0.25) is 0 Å². The standard InChI is InChI=1S/C28H44N2O2/c1-17(2)7-6-8-18(3)20-9-10-21-19-15-25(32)28-23(16-29-30-28)24(31)12-14-27(28,5)22(19)11-13-26(20,21)4/h16-23,30H,6-15H2,1-5H3. The Morgan fingerprint density at radius 3 is 2.59 bits per heavy atom. The van der Waals surface area contributed by atoms with Crippen LogP contribution in [0.5, 0.6) is 0 Å². The van der Waals surface area contributed by atoms with Crippen molar-refractivity contribution in [2.24, 2.45) is 57.4 Å². The molecule has 1 heterocycles. The second-order valence-electron chi connectivity index (χ2n) is 13.1. The molecule has 4 saturated carbocycles. The summed E-state index contributed by atoms with van der Waals surface area (Å²) in [7, 11) is 0. The molecule has 1 spiro atoms. The highest BCUT2D eigenvalue weighted by Gasteiger charge is 2.72. The van der Waals surface area contributed by atoms with E-state index in [0.29, 0.717) is 36.0 Å². The summed E-state index contributed by atoms with van der Waals surface area (Å²) in [5.74, 6) is 4.19. The van der Waals surface area contributed by atoms with Crippen molar-refractivity contribution in [2.45, 2.75) is 104 Å². The van der Waals surface area contributed by atoms with E-state index < -0.39 is 5.54 Å². The van der Waals surface area contributed by atoms with Crippen LogP contribution in [0.3, 0.4) is 0 Å². The predicted octanol–water partition coefficient (Wildman–Crippen LogP) is 5.79. The van der Waals surface area contributed by atoms with E-state index in [1.54, 1.807) is 6.21 Å².